The normalized spacial score (nSPS) is 12.3. The molecule has 0 aromatic carbocycles. The van der Waals surface area contributed by atoms with Gasteiger partial charge in [-0.15, -0.1) is 0 Å². The quantitative estimate of drug-likeness (QED) is 0.765. The van der Waals surface area contributed by atoms with E-state index in [4.69, 9.17) is 0 Å². The third-order valence-corrected chi connectivity index (χ3v) is 3.67. The van der Waals surface area contributed by atoms with Gasteiger partial charge >= 0.3 is 0 Å². The van der Waals surface area contributed by atoms with E-state index < -0.39 is 10.0 Å². The highest BCUT2D eigenvalue weighted by Gasteiger charge is 2.18. The van der Waals surface area contributed by atoms with Crippen molar-refractivity contribution < 1.29 is 8.42 Å². The molecule has 0 radical (unpaired) electrons. The average molecular weight is 246 g/mol. The van der Waals surface area contributed by atoms with Gasteiger partial charge in [0, 0.05) is 26.3 Å². The van der Waals surface area contributed by atoms with Crippen molar-refractivity contribution in [2.24, 2.45) is 7.05 Å². The van der Waals surface area contributed by atoms with Gasteiger partial charge < -0.3 is 4.90 Å². The molecule has 0 unspecified atom stereocenters. The highest BCUT2D eigenvalue weighted by Crippen LogP contribution is 2.11. The molecule has 1 heterocycles. The van der Waals surface area contributed by atoms with Crippen LogP contribution >= 0.6 is 0 Å². The molecule has 0 fully saturated rings. The summed E-state index contributed by atoms with van der Waals surface area (Å²) in [6, 6.07) is 0. The Bertz CT molecular complexity index is 450. The molecule has 0 amide bonds. The molecule has 16 heavy (non-hydrogen) atoms. The van der Waals surface area contributed by atoms with Crippen LogP contribution in [-0.4, -0.2) is 50.3 Å². The van der Waals surface area contributed by atoms with Crippen LogP contribution in [0.25, 0.3) is 0 Å². The summed E-state index contributed by atoms with van der Waals surface area (Å²) in [5.74, 6) is 0. The first-order valence-electron chi connectivity index (χ1n) is 4.97. The summed E-state index contributed by atoms with van der Waals surface area (Å²) in [5.41, 5.74) is 0.514. The van der Waals surface area contributed by atoms with Gasteiger partial charge in [-0.3, -0.25) is 4.68 Å². The number of hydrogen-bond donors (Lipinski definition) is 1. The fraction of sp³-hybridized carbons (Fsp3) is 0.667. The lowest BCUT2D eigenvalue weighted by atomic mass is 10.5. The SMILES string of the molecule is Cc1nn(C)cc1S(=O)(=O)NCCN(C)C. The van der Waals surface area contributed by atoms with Crippen molar-refractivity contribution in [2.45, 2.75) is 11.8 Å². The van der Waals surface area contributed by atoms with Crippen molar-refractivity contribution in [2.75, 3.05) is 27.2 Å². The molecule has 0 aliphatic heterocycles. The van der Waals surface area contributed by atoms with Gasteiger partial charge in [-0.05, 0) is 21.0 Å². The Balaban J connectivity index is 2.75. The van der Waals surface area contributed by atoms with Gasteiger partial charge in [0.15, 0.2) is 0 Å². The van der Waals surface area contributed by atoms with Crippen LogP contribution in [0.5, 0.6) is 0 Å². The maximum absolute atomic E-state index is 11.9. The van der Waals surface area contributed by atoms with E-state index in [1.807, 2.05) is 19.0 Å². The molecule has 0 bridgehead atoms. The molecule has 0 spiro atoms. The Labute approximate surface area is 96.3 Å². The predicted molar refractivity (Wildman–Crippen MR) is 61.7 cm³/mol. The summed E-state index contributed by atoms with van der Waals surface area (Å²) < 4.78 is 27.8. The molecule has 1 aromatic rings. The molecule has 0 saturated carbocycles. The van der Waals surface area contributed by atoms with Crippen molar-refractivity contribution in [3.05, 3.63) is 11.9 Å². The summed E-state index contributed by atoms with van der Waals surface area (Å²) in [7, 11) is 2.06. The van der Waals surface area contributed by atoms with E-state index in [-0.39, 0.29) is 4.90 Å². The molecular weight excluding hydrogens is 228 g/mol. The first-order valence-corrected chi connectivity index (χ1v) is 6.46. The van der Waals surface area contributed by atoms with Crippen LogP contribution in [0.15, 0.2) is 11.1 Å². The number of sulfonamides is 1. The second-order valence-electron chi connectivity index (χ2n) is 3.95. The molecule has 1 aromatic heterocycles. The van der Waals surface area contributed by atoms with Gasteiger partial charge in [-0.2, -0.15) is 5.10 Å². The van der Waals surface area contributed by atoms with Crippen molar-refractivity contribution in [3.8, 4) is 0 Å². The zero-order valence-corrected chi connectivity index (χ0v) is 10.9. The monoisotopic (exact) mass is 246 g/mol. The van der Waals surface area contributed by atoms with Crippen LogP contribution in [0.4, 0.5) is 0 Å². The molecule has 6 nitrogen and oxygen atoms in total. The third kappa shape index (κ3) is 3.29. The summed E-state index contributed by atoms with van der Waals surface area (Å²) >= 11 is 0. The molecule has 0 aliphatic rings. The first kappa shape index (κ1) is 13.1. The Morgan fingerprint density at radius 2 is 2.12 bits per heavy atom. The minimum Gasteiger partial charge on any atom is -0.308 e. The van der Waals surface area contributed by atoms with E-state index >= 15 is 0 Å². The second-order valence-corrected chi connectivity index (χ2v) is 5.69. The minimum absolute atomic E-state index is 0.244. The third-order valence-electron chi connectivity index (χ3n) is 2.11. The second kappa shape index (κ2) is 4.94. The number of nitrogens with one attached hydrogen (secondary N) is 1. The maximum atomic E-state index is 11.9. The van der Waals surface area contributed by atoms with Crippen molar-refractivity contribution in [1.82, 2.24) is 19.4 Å². The molecule has 1 rings (SSSR count). The maximum Gasteiger partial charge on any atom is 0.244 e. The van der Waals surface area contributed by atoms with Gasteiger partial charge in [-0.25, -0.2) is 13.1 Å². The van der Waals surface area contributed by atoms with Gasteiger partial charge in [-0.1, -0.05) is 0 Å². The Kier molecular flexibility index (Phi) is 4.06. The average Bonchev–Trinajstić information content (AvgIpc) is 2.44. The molecule has 1 N–H and O–H groups in total. The summed E-state index contributed by atoms with van der Waals surface area (Å²) in [4.78, 5) is 2.16. The number of likely N-dealkylation sites (N-methyl/N-ethyl adjacent to an activating group) is 1. The smallest absolute Gasteiger partial charge is 0.244 e. The summed E-state index contributed by atoms with van der Waals surface area (Å²) in [6.07, 6.45) is 1.51. The Morgan fingerprint density at radius 3 is 2.56 bits per heavy atom. The molecular formula is C9H18N4O2S. The molecule has 92 valence electrons. The summed E-state index contributed by atoms with van der Waals surface area (Å²) in [5, 5.41) is 4.01. The predicted octanol–water partition coefficient (Wildman–Crippen LogP) is -0.432. The van der Waals surface area contributed by atoms with Crippen LogP contribution in [0.2, 0.25) is 0 Å². The molecule has 0 aliphatic carbocycles. The fourth-order valence-corrected chi connectivity index (χ4v) is 2.56. The molecule has 0 atom stereocenters. The van der Waals surface area contributed by atoms with Crippen molar-refractivity contribution in [1.29, 1.82) is 0 Å². The van der Waals surface area contributed by atoms with Crippen LogP contribution in [0.1, 0.15) is 5.69 Å². The highest BCUT2D eigenvalue weighted by atomic mass is 32.2. The fourth-order valence-electron chi connectivity index (χ4n) is 1.32. The number of aryl methyl sites for hydroxylation is 2. The van der Waals surface area contributed by atoms with Crippen LogP contribution in [0.3, 0.4) is 0 Å². The lowest BCUT2D eigenvalue weighted by Gasteiger charge is -2.10. The van der Waals surface area contributed by atoms with Crippen molar-refractivity contribution in [3.63, 3.8) is 0 Å². The van der Waals surface area contributed by atoms with E-state index in [1.165, 1.54) is 10.9 Å². The lowest BCUT2D eigenvalue weighted by Crippen LogP contribution is -2.31. The van der Waals surface area contributed by atoms with Gasteiger partial charge in [0.05, 0.1) is 5.69 Å². The van der Waals surface area contributed by atoms with Crippen LogP contribution in [0, 0.1) is 6.92 Å². The van der Waals surface area contributed by atoms with E-state index in [1.54, 1.807) is 14.0 Å². The number of aromatic nitrogens is 2. The summed E-state index contributed by atoms with van der Waals surface area (Å²) in [6.45, 7) is 2.74. The zero-order valence-electron chi connectivity index (χ0n) is 10.1. The molecule has 0 saturated heterocycles. The van der Waals surface area contributed by atoms with Crippen LogP contribution < -0.4 is 4.72 Å². The largest absolute Gasteiger partial charge is 0.308 e. The lowest BCUT2D eigenvalue weighted by molar-refractivity contribution is 0.412. The zero-order chi connectivity index (χ0) is 12.3. The van der Waals surface area contributed by atoms with E-state index in [2.05, 4.69) is 9.82 Å². The van der Waals surface area contributed by atoms with E-state index in [9.17, 15) is 8.42 Å². The highest BCUT2D eigenvalue weighted by molar-refractivity contribution is 7.89. The topological polar surface area (TPSA) is 67.2 Å². The van der Waals surface area contributed by atoms with E-state index in [0.717, 1.165) is 0 Å². The van der Waals surface area contributed by atoms with E-state index in [0.29, 0.717) is 18.8 Å². The van der Waals surface area contributed by atoms with Gasteiger partial charge in [0.1, 0.15) is 4.90 Å². The number of hydrogen-bond acceptors (Lipinski definition) is 4. The Hall–Kier alpha value is -0.920. The molecule has 7 heteroatoms. The minimum atomic E-state index is -3.43. The number of nitrogens with zero attached hydrogens (tertiary/aromatic N) is 3. The Morgan fingerprint density at radius 1 is 1.50 bits per heavy atom. The standard InChI is InChI=1S/C9H18N4O2S/c1-8-9(7-13(4)11-8)16(14,15)10-5-6-12(2)3/h7,10H,5-6H2,1-4H3. The first-order chi connectivity index (χ1) is 7.33. The number of rotatable bonds is 5. The van der Waals surface area contributed by atoms with Gasteiger partial charge in [0.2, 0.25) is 10.0 Å². The van der Waals surface area contributed by atoms with Crippen molar-refractivity contribution >= 4 is 10.0 Å². The van der Waals surface area contributed by atoms with Crippen LogP contribution in [-0.2, 0) is 17.1 Å². The van der Waals surface area contributed by atoms with Gasteiger partial charge in [0.25, 0.3) is 0 Å².